The zero-order valence-electron chi connectivity index (χ0n) is 53.5. The third kappa shape index (κ3) is 31.7. The number of hydrogen-bond acceptors (Lipinski definition) is 32. The Kier molecular flexibility index (Phi) is 38.3. The predicted molar refractivity (Wildman–Crippen MR) is 317 cm³/mol. The third-order valence-electron chi connectivity index (χ3n) is 12.4. The van der Waals surface area contributed by atoms with Gasteiger partial charge in [0, 0.05) is 39.0 Å². The Hall–Kier alpha value is -6.25. The second kappa shape index (κ2) is 42.9. The highest BCUT2D eigenvalue weighted by molar-refractivity contribution is 5.89. The average molecular weight is 1340 g/mol. The zero-order valence-corrected chi connectivity index (χ0v) is 53.5. The van der Waals surface area contributed by atoms with Gasteiger partial charge in [0.05, 0.1) is 59.5 Å². The van der Waals surface area contributed by atoms with Gasteiger partial charge in [0.15, 0.2) is 12.6 Å². The molecule has 2 heterocycles. The first-order valence-electron chi connectivity index (χ1n) is 29.1. The van der Waals surface area contributed by atoms with Crippen molar-refractivity contribution in [3.63, 3.8) is 0 Å². The van der Waals surface area contributed by atoms with Crippen LogP contribution in [0.1, 0.15) is 48.5 Å². The van der Waals surface area contributed by atoms with Crippen LogP contribution < -0.4 is 0 Å². The summed E-state index contributed by atoms with van der Waals surface area (Å²) in [4.78, 5) is 86.1. The highest BCUT2D eigenvalue weighted by Crippen LogP contribution is 2.35. The van der Waals surface area contributed by atoms with Crippen molar-refractivity contribution in [3.05, 3.63) is 85.1 Å². The standard InChI is InChI=1S/C61H92O32/c1-31(2)53(70)84-22-38(62)15-77-29-45-48(79-17-40(64)24-86-55(72)33(5)6)50(81-19-42(66)26-88-57(74)35(9)10)47(69)60(91-45)93-61-52(83-21-44(68)28-90-59(76)37(13)14)51(82-20-43(67)27-89-58(75)36(11)12)49(80-18-41(65)25-87-56(73)34(7)8)46(92-61)30-78-16-39(63)23-85-54(71)32(3)4/h38-52,60-69H,1,3,5,7,9,11,13,15-30H2,2,4,6,8,10,12,14H3/t38?,39?,40?,41?,42?,43?,44?,45-,46-,47-,48-,49-,50-,51+,52-,60-,61-/m1/s1. The fourth-order valence-electron chi connectivity index (χ4n) is 7.51. The Balaban J connectivity index is 2.98. The van der Waals surface area contributed by atoms with Crippen LogP contribution >= 0.6 is 0 Å². The first kappa shape index (κ1) is 82.8. The normalized spacial score (nSPS) is 23.4. The second-order valence-electron chi connectivity index (χ2n) is 22.0. The van der Waals surface area contributed by atoms with Crippen LogP contribution in [0.5, 0.6) is 0 Å². The van der Waals surface area contributed by atoms with Gasteiger partial charge in [0.1, 0.15) is 138 Å². The number of aliphatic hydroxyl groups is 8. The summed E-state index contributed by atoms with van der Waals surface area (Å²) < 4.78 is 97.8. The number of esters is 7. The lowest BCUT2D eigenvalue weighted by Crippen LogP contribution is -2.66. The Morgan fingerprint density at radius 3 is 0.796 bits per heavy atom. The fraction of sp³-hybridized carbons (Fsp3) is 0.656. The van der Waals surface area contributed by atoms with Crippen LogP contribution in [-0.4, -0.2) is 292 Å². The lowest BCUT2D eigenvalue weighted by molar-refractivity contribution is -0.390. The molecule has 0 radical (unpaired) electrons. The summed E-state index contributed by atoms with van der Waals surface area (Å²) in [6.07, 6.45) is -29.2. The van der Waals surface area contributed by atoms with Gasteiger partial charge in [0.2, 0.25) is 0 Å². The molecular weight excluding hydrogens is 1240 g/mol. The fourth-order valence-corrected chi connectivity index (χ4v) is 7.51. The number of rotatable bonds is 46. The van der Waals surface area contributed by atoms with Gasteiger partial charge in [-0.15, -0.1) is 0 Å². The van der Waals surface area contributed by atoms with Crippen molar-refractivity contribution < 1.29 is 155 Å². The van der Waals surface area contributed by atoms with Crippen LogP contribution in [0.15, 0.2) is 85.1 Å². The van der Waals surface area contributed by atoms with Crippen LogP contribution in [-0.2, 0) is 114 Å². The summed E-state index contributed by atoms with van der Waals surface area (Å²) in [6.45, 7) is 23.3. The Bertz CT molecular complexity index is 2510. The largest absolute Gasteiger partial charge is 0.460 e. The van der Waals surface area contributed by atoms with Gasteiger partial charge < -0.3 is 121 Å². The monoisotopic (exact) mass is 1340 g/mol. The van der Waals surface area contributed by atoms with E-state index in [1.807, 2.05) is 0 Å². The molecule has 0 spiro atoms. The number of hydrogen-bond donors (Lipinski definition) is 8. The van der Waals surface area contributed by atoms with Crippen molar-refractivity contribution >= 4 is 41.8 Å². The molecule has 32 heteroatoms. The molecule has 0 aromatic carbocycles. The van der Waals surface area contributed by atoms with Crippen LogP contribution in [0.25, 0.3) is 0 Å². The first-order valence-corrected chi connectivity index (χ1v) is 29.1. The van der Waals surface area contributed by atoms with E-state index in [1.165, 1.54) is 48.5 Å². The van der Waals surface area contributed by atoms with Gasteiger partial charge in [-0.1, -0.05) is 46.1 Å². The molecule has 7 unspecified atom stereocenters. The Morgan fingerprint density at radius 2 is 0.527 bits per heavy atom. The van der Waals surface area contributed by atoms with Gasteiger partial charge in [-0.3, -0.25) is 0 Å². The van der Waals surface area contributed by atoms with Gasteiger partial charge in [-0.05, 0) is 48.5 Å². The van der Waals surface area contributed by atoms with Crippen molar-refractivity contribution in [3.8, 4) is 0 Å². The van der Waals surface area contributed by atoms with Crippen molar-refractivity contribution in [2.45, 2.75) is 153 Å². The van der Waals surface area contributed by atoms with E-state index in [4.69, 9.17) is 80.5 Å². The molecule has 32 nitrogen and oxygen atoms in total. The molecule has 0 saturated carbocycles. The molecule has 2 rings (SSSR count). The minimum atomic E-state index is -2.14. The van der Waals surface area contributed by atoms with Crippen molar-refractivity contribution in [1.29, 1.82) is 0 Å². The van der Waals surface area contributed by atoms with Gasteiger partial charge in [-0.2, -0.15) is 0 Å². The molecule has 0 amide bonds. The Morgan fingerprint density at radius 1 is 0.312 bits per heavy atom. The van der Waals surface area contributed by atoms with E-state index in [2.05, 4.69) is 46.1 Å². The van der Waals surface area contributed by atoms with Crippen molar-refractivity contribution in [1.82, 2.24) is 0 Å². The van der Waals surface area contributed by atoms with Crippen LogP contribution in [0.3, 0.4) is 0 Å². The maximum absolute atomic E-state index is 12.5. The highest BCUT2D eigenvalue weighted by Gasteiger charge is 2.54. The minimum absolute atomic E-state index is 0.00301. The first-order chi connectivity index (χ1) is 43.6. The van der Waals surface area contributed by atoms with E-state index in [0.717, 1.165) is 0 Å². The summed E-state index contributed by atoms with van der Waals surface area (Å²) in [5.41, 5.74) is -0.0502. The number of aliphatic hydroxyl groups excluding tert-OH is 8. The molecule has 93 heavy (non-hydrogen) atoms. The van der Waals surface area contributed by atoms with E-state index in [0.29, 0.717) is 0 Å². The highest BCUT2D eigenvalue weighted by atomic mass is 16.8. The van der Waals surface area contributed by atoms with Gasteiger partial charge in [0.25, 0.3) is 0 Å². The lowest BCUT2D eigenvalue weighted by Gasteiger charge is -2.49. The molecule has 0 aromatic heterocycles. The maximum atomic E-state index is 12.5. The summed E-state index contributed by atoms with van der Waals surface area (Å²) in [7, 11) is 0. The van der Waals surface area contributed by atoms with Crippen molar-refractivity contribution in [2.75, 3.05) is 106 Å². The molecule has 0 bridgehead atoms. The number of ether oxygens (including phenoxy) is 17. The molecule has 2 aliphatic heterocycles. The van der Waals surface area contributed by atoms with Crippen LogP contribution in [0, 0.1) is 0 Å². The Labute approximate surface area is 538 Å². The maximum Gasteiger partial charge on any atom is 0.333 e. The molecule has 0 aromatic rings. The molecule has 2 aliphatic rings. The molecule has 2 saturated heterocycles. The average Bonchev–Trinajstić information content (AvgIpc) is 0.782. The van der Waals surface area contributed by atoms with E-state index >= 15 is 0 Å². The molecule has 0 aliphatic carbocycles. The number of carbonyl (C=O) groups is 7. The summed E-state index contributed by atoms with van der Waals surface area (Å²) in [5, 5.41) is 89.7. The second-order valence-corrected chi connectivity index (χ2v) is 22.0. The topological polar surface area (TPSA) is 438 Å². The van der Waals surface area contributed by atoms with Gasteiger partial charge in [-0.25, -0.2) is 33.6 Å². The van der Waals surface area contributed by atoms with Crippen molar-refractivity contribution in [2.24, 2.45) is 0 Å². The lowest BCUT2D eigenvalue weighted by atomic mass is 9.96. The summed E-state index contributed by atoms with van der Waals surface area (Å²) in [6, 6.07) is 0. The summed E-state index contributed by atoms with van der Waals surface area (Å²) in [5.74, 6) is -6.07. The number of carbonyl (C=O) groups excluding carboxylic acids is 7. The van der Waals surface area contributed by atoms with E-state index in [9.17, 15) is 74.4 Å². The van der Waals surface area contributed by atoms with E-state index in [1.54, 1.807) is 0 Å². The smallest absolute Gasteiger partial charge is 0.333 e. The van der Waals surface area contributed by atoms with E-state index < -0.39 is 252 Å². The SMILES string of the molecule is C=C(C)C(=O)OCC(O)COC[C@H]1O[C@H](O[C@H]2O[C@H](COCC(O)COC(=O)C(=C)C)[C@@H](OCC(O)COC(=O)C(=C)C)[C@H](OCC(O)COC(=O)C(=C)C)[C@H]2O)[C@H](OCC(O)COC(=O)C(=C)C)[C@@H](OCC(O)COC(=O)C(=C)C)[C@@H]1OCC(O)COC(=O)C(=C)C. The molecule has 8 N–H and O–H groups in total. The van der Waals surface area contributed by atoms with Crippen LogP contribution in [0.4, 0.5) is 0 Å². The quantitative estimate of drug-likeness (QED) is 0.0188. The zero-order chi connectivity index (χ0) is 70.2. The minimum Gasteiger partial charge on any atom is -0.460 e. The molecule has 17 atom stereocenters. The van der Waals surface area contributed by atoms with Gasteiger partial charge >= 0.3 is 41.8 Å². The molecular formula is C61H92O32. The predicted octanol–water partition coefficient (Wildman–Crippen LogP) is -1.87. The molecule has 2 fully saturated rings. The molecule has 528 valence electrons. The third-order valence-corrected chi connectivity index (χ3v) is 12.4. The van der Waals surface area contributed by atoms with E-state index in [-0.39, 0.29) is 39.0 Å². The van der Waals surface area contributed by atoms with Crippen LogP contribution in [0.2, 0.25) is 0 Å². The summed E-state index contributed by atoms with van der Waals surface area (Å²) >= 11 is 0.